The molecule has 0 saturated heterocycles. The van der Waals surface area contributed by atoms with E-state index >= 15 is 0 Å². The SMILES string of the molecule is CNC1CCC(C)(C)CC1CN(C)CCc1cccs1. The van der Waals surface area contributed by atoms with E-state index in [0.717, 1.165) is 5.92 Å². The largest absolute Gasteiger partial charge is 0.317 e. The lowest BCUT2D eigenvalue weighted by Gasteiger charge is -2.42. The van der Waals surface area contributed by atoms with Gasteiger partial charge in [-0.1, -0.05) is 19.9 Å². The average Bonchev–Trinajstić information content (AvgIpc) is 2.89. The molecule has 1 N–H and O–H groups in total. The Hall–Kier alpha value is -0.380. The van der Waals surface area contributed by atoms with E-state index in [-0.39, 0.29) is 0 Å². The molecule has 1 saturated carbocycles. The predicted molar refractivity (Wildman–Crippen MR) is 89.5 cm³/mol. The van der Waals surface area contributed by atoms with Crippen LogP contribution in [0, 0.1) is 11.3 Å². The van der Waals surface area contributed by atoms with Crippen LogP contribution in [0.4, 0.5) is 0 Å². The van der Waals surface area contributed by atoms with Gasteiger partial charge in [-0.25, -0.2) is 0 Å². The minimum atomic E-state index is 0.520. The summed E-state index contributed by atoms with van der Waals surface area (Å²) in [6.45, 7) is 7.25. The maximum absolute atomic E-state index is 3.54. The smallest absolute Gasteiger partial charge is 0.0105 e. The van der Waals surface area contributed by atoms with Gasteiger partial charge in [0.15, 0.2) is 0 Å². The van der Waals surface area contributed by atoms with Crippen LogP contribution in [0.5, 0.6) is 0 Å². The second-order valence-corrected chi connectivity index (χ2v) is 8.19. The average molecular weight is 295 g/mol. The van der Waals surface area contributed by atoms with E-state index in [1.807, 2.05) is 11.3 Å². The lowest BCUT2D eigenvalue weighted by atomic mass is 9.70. The highest BCUT2D eigenvalue weighted by molar-refractivity contribution is 7.09. The fraction of sp³-hybridized carbons (Fsp3) is 0.765. The van der Waals surface area contributed by atoms with E-state index in [0.29, 0.717) is 11.5 Å². The molecule has 1 aliphatic carbocycles. The van der Waals surface area contributed by atoms with E-state index in [4.69, 9.17) is 0 Å². The van der Waals surface area contributed by atoms with Crippen LogP contribution in [0.25, 0.3) is 0 Å². The van der Waals surface area contributed by atoms with E-state index < -0.39 is 0 Å². The molecule has 0 amide bonds. The Morgan fingerprint density at radius 2 is 2.25 bits per heavy atom. The highest BCUT2D eigenvalue weighted by Crippen LogP contribution is 2.38. The Morgan fingerprint density at radius 3 is 2.90 bits per heavy atom. The first-order valence-electron chi connectivity index (χ1n) is 7.88. The molecule has 1 heterocycles. The molecule has 0 aliphatic heterocycles. The van der Waals surface area contributed by atoms with Crippen LogP contribution < -0.4 is 5.32 Å². The molecule has 1 fully saturated rings. The number of likely N-dealkylation sites (N-methyl/N-ethyl adjacent to an activating group) is 1. The highest BCUT2D eigenvalue weighted by atomic mass is 32.1. The number of nitrogens with one attached hydrogen (secondary N) is 1. The monoisotopic (exact) mass is 294 g/mol. The van der Waals surface area contributed by atoms with Gasteiger partial charge in [0.2, 0.25) is 0 Å². The molecule has 1 aliphatic rings. The molecule has 20 heavy (non-hydrogen) atoms. The summed E-state index contributed by atoms with van der Waals surface area (Å²) in [6, 6.07) is 5.10. The number of hydrogen-bond donors (Lipinski definition) is 1. The second-order valence-electron chi connectivity index (χ2n) is 7.15. The maximum Gasteiger partial charge on any atom is 0.0105 e. The third kappa shape index (κ3) is 4.57. The normalized spacial score (nSPS) is 26.1. The first-order valence-corrected chi connectivity index (χ1v) is 8.76. The van der Waals surface area contributed by atoms with E-state index in [1.165, 1.54) is 43.6 Å². The molecule has 1 aromatic rings. The van der Waals surface area contributed by atoms with Crippen LogP contribution in [0.3, 0.4) is 0 Å². The molecule has 0 bridgehead atoms. The van der Waals surface area contributed by atoms with Crippen molar-refractivity contribution in [2.45, 2.75) is 45.6 Å². The van der Waals surface area contributed by atoms with Crippen molar-refractivity contribution >= 4 is 11.3 Å². The quantitative estimate of drug-likeness (QED) is 0.862. The summed E-state index contributed by atoms with van der Waals surface area (Å²) >= 11 is 1.88. The van der Waals surface area contributed by atoms with Gasteiger partial charge in [0, 0.05) is 24.0 Å². The fourth-order valence-corrected chi connectivity index (χ4v) is 4.25. The van der Waals surface area contributed by atoms with Crippen molar-refractivity contribution in [1.82, 2.24) is 10.2 Å². The van der Waals surface area contributed by atoms with Crippen molar-refractivity contribution < 1.29 is 0 Å². The second kappa shape index (κ2) is 7.06. The van der Waals surface area contributed by atoms with E-state index in [2.05, 4.69) is 55.7 Å². The molecule has 1 aromatic heterocycles. The van der Waals surface area contributed by atoms with Crippen molar-refractivity contribution in [1.29, 1.82) is 0 Å². The van der Waals surface area contributed by atoms with Crippen molar-refractivity contribution in [3.05, 3.63) is 22.4 Å². The van der Waals surface area contributed by atoms with Gasteiger partial charge in [-0.15, -0.1) is 11.3 Å². The zero-order valence-corrected chi connectivity index (χ0v) is 14.3. The highest BCUT2D eigenvalue weighted by Gasteiger charge is 2.34. The van der Waals surface area contributed by atoms with Crippen LogP contribution in [0.2, 0.25) is 0 Å². The first-order chi connectivity index (χ1) is 9.50. The topological polar surface area (TPSA) is 15.3 Å². The number of thiophene rings is 1. The molecule has 2 unspecified atom stereocenters. The Morgan fingerprint density at radius 1 is 1.45 bits per heavy atom. The van der Waals surface area contributed by atoms with Crippen molar-refractivity contribution in [2.24, 2.45) is 11.3 Å². The van der Waals surface area contributed by atoms with Gasteiger partial charge in [-0.3, -0.25) is 0 Å². The van der Waals surface area contributed by atoms with Crippen LogP contribution in [0.1, 0.15) is 38.0 Å². The van der Waals surface area contributed by atoms with Crippen LogP contribution in [-0.4, -0.2) is 38.1 Å². The minimum absolute atomic E-state index is 0.520. The van der Waals surface area contributed by atoms with Gasteiger partial charge in [0.05, 0.1) is 0 Å². The van der Waals surface area contributed by atoms with Gasteiger partial charge in [-0.05, 0) is 62.6 Å². The van der Waals surface area contributed by atoms with Crippen molar-refractivity contribution in [2.75, 3.05) is 27.2 Å². The molecule has 0 aromatic carbocycles. The van der Waals surface area contributed by atoms with Crippen molar-refractivity contribution in [3.8, 4) is 0 Å². The third-order valence-corrected chi connectivity index (χ3v) is 5.69. The summed E-state index contributed by atoms with van der Waals surface area (Å²) < 4.78 is 0. The Balaban J connectivity index is 1.82. The molecule has 2 nitrogen and oxygen atoms in total. The zero-order valence-electron chi connectivity index (χ0n) is 13.5. The Kier molecular flexibility index (Phi) is 5.65. The summed E-state index contributed by atoms with van der Waals surface area (Å²) in [5.74, 6) is 0.789. The predicted octanol–water partition coefficient (Wildman–Crippen LogP) is 3.64. The van der Waals surface area contributed by atoms with Gasteiger partial charge in [0.25, 0.3) is 0 Å². The van der Waals surface area contributed by atoms with Gasteiger partial charge in [0.1, 0.15) is 0 Å². The summed E-state index contributed by atoms with van der Waals surface area (Å²) in [4.78, 5) is 4.03. The lowest BCUT2D eigenvalue weighted by Crippen LogP contribution is -2.46. The van der Waals surface area contributed by atoms with E-state index in [1.54, 1.807) is 0 Å². The maximum atomic E-state index is 3.54. The van der Waals surface area contributed by atoms with Gasteiger partial charge < -0.3 is 10.2 Å². The standard InChI is InChI=1S/C17H30N2S/c1-17(2)9-7-16(18-3)14(12-17)13-19(4)10-8-15-6-5-11-20-15/h5-6,11,14,16,18H,7-10,12-13H2,1-4H3. The zero-order chi connectivity index (χ0) is 14.6. The summed E-state index contributed by atoms with van der Waals surface area (Å²) in [7, 11) is 4.41. The molecule has 114 valence electrons. The minimum Gasteiger partial charge on any atom is -0.317 e. The summed E-state index contributed by atoms with van der Waals surface area (Å²) in [5, 5.41) is 5.72. The summed E-state index contributed by atoms with van der Waals surface area (Å²) in [6.07, 6.45) is 5.22. The summed E-state index contributed by atoms with van der Waals surface area (Å²) in [5.41, 5.74) is 0.520. The first kappa shape index (κ1) is 16.0. The van der Waals surface area contributed by atoms with Crippen LogP contribution in [-0.2, 0) is 6.42 Å². The fourth-order valence-electron chi connectivity index (χ4n) is 3.56. The molecule has 2 rings (SSSR count). The number of rotatable bonds is 6. The van der Waals surface area contributed by atoms with Gasteiger partial charge >= 0.3 is 0 Å². The molecular formula is C17H30N2S. The number of hydrogen-bond acceptors (Lipinski definition) is 3. The van der Waals surface area contributed by atoms with Gasteiger partial charge in [-0.2, -0.15) is 0 Å². The Labute approximate surface area is 128 Å². The lowest BCUT2D eigenvalue weighted by molar-refractivity contribution is 0.112. The third-order valence-electron chi connectivity index (χ3n) is 4.75. The van der Waals surface area contributed by atoms with E-state index in [9.17, 15) is 0 Å². The molecule has 2 atom stereocenters. The van der Waals surface area contributed by atoms with Crippen molar-refractivity contribution in [3.63, 3.8) is 0 Å². The van der Waals surface area contributed by atoms with Crippen LogP contribution in [0.15, 0.2) is 17.5 Å². The molecule has 3 heteroatoms. The molecule has 0 spiro atoms. The molecular weight excluding hydrogens is 264 g/mol. The Bertz CT molecular complexity index is 386. The molecule has 0 radical (unpaired) electrons. The van der Waals surface area contributed by atoms with Crippen LogP contribution >= 0.6 is 11.3 Å². The number of nitrogens with zero attached hydrogens (tertiary/aromatic N) is 1.